The zero-order valence-corrected chi connectivity index (χ0v) is 14.4. The third kappa shape index (κ3) is 2.99. The number of hydrogen-bond donors (Lipinski definition) is 0. The van der Waals surface area contributed by atoms with Gasteiger partial charge in [0.25, 0.3) is 5.91 Å². The average molecular weight is 454 g/mol. The number of nitrogens with zero attached hydrogens (tertiary/aromatic N) is 2. The Hall–Kier alpha value is -1.49. The second-order valence-electron chi connectivity index (χ2n) is 4.81. The fraction of sp³-hybridized carbons (Fsp3) is 0.143. The first-order valence-corrected chi connectivity index (χ1v) is 8.13. The number of rotatable bonds is 1. The molecular weight excluding hydrogens is 447 g/mol. The maximum absolute atomic E-state index is 13.5. The van der Waals surface area contributed by atoms with E-state index in [-0.39, 0.29) is 0 Å². The monoisotopic (exact) mass is 454 g/mol. The van der Waals surface area contributed by atoms with Crippen LogP contribution in [0.15, 0.2) is 24.3 Å². The van der Waals surface area contributed by atoms with Crippen LogP contribution in [0.25, 0.3) is 10.2 Å². The Morgan fingerprint density at radius 1 is 1.26 bits per heavy atom. The molecule has 0 saturated heterocycles. The van der Waals surface area contributed by atoms with Gasteiger partial charge in [0.2, 0.25) is 0 Å². The van der Waals surface area contributed by atoms with Crippen LogP contribution in [0.5, 0.6) is 0 Å². The molecule has 2 aromatic heterocycles. The third-order valence-electron chi connectivity index (χ3n) is 3.10. The lowest BCUT2D eigenvalue weighted by molar-refractivity contribution is -0.137. The minimum Gasteiger partial charge on any atom is -0.267 e. The second-order valence-corrected chi connectivity index (χ2v) is 7.08. The topological polar surface area (TPSA) is 34.9 Å². The predicted molar refractivity (Wildman–Crippen MR) is 86.2 cm³/mol. The van der Waals surface area contributed by atoms with Crippen LogP contribution in [0.1, 0.15) is 20.8 Å². The molecule has 0 fully saturated rings. The van der Waals surface area contributed by atoms with Gasteiger partial charge in [-0.15, -0.1) is 11.3 Å². The van der Waals surface area contributed by atoms with E-state index in [1.807, 2.05) is 29.5 Å². The van der Waals surface area contributed by atoms with Crippen LogP contribution in [0, 0.1) is 16.4 Å². The minimum atomic E-state index is -4.73. The minimum absolute atomic E-state index is 0.355. The van der Waals surface area contributed by atoms with Crippen molar-refractivity contribution in [2.45, 2.75) is 13.1 Å². The van der Waals surface area contributed by atoms with Crippen molar-refractivity contribution in [3.05, 3.63) is 49.8 Å². The van der Waals surface area contributed by atoms with Crippen molar-refractivity contribution in [1.29, 1.82) is 0 Å². The Morgan fingerprint density at radius 2 is 1.96 bits per heavy atom. The lowest BCUT2D eigenvalue weighted by atomic mass is 10.1. The zero-order chi connectivity index (χ0) is 16.9. The maximum atomic E-state index is 13.5. The molecule has 2 heterocycles. The molecule has 0 aliphatic carbocycles. The van der Waals surface area contributed by atoms with E-state index >= 15 is 0 Å². The molecule has 0 aliphatic heterocycles. The van der Waals surface area contributed by atoms with Gasteiger partial charge in [-0.3, -0.25) is 4.79 Å². The number of alkyl halides is 3. The highest BCUT2D eigenvalue weighted by Crippen LogP contribution is 2.32. The van der Waals surface area contributed by atoms with Crippen molar-refractivity contribution in [2.75, 3.05) is 0 Å². The van der Waals surface area contributed by atoms with E-state index in [1.165, 1.54) is 11.3 Å². The molecule has 3 nitrogen and oxygen atoms in total. The van der Waals surface area contributed by atoms with Crippen LogP contribution in [-0.2, 0) is 6.18 Å². The van der Waals surface area contributed by atoms with Crippen molar-refractivity contribution in [3.63, 3.8) is 0 Å². The number of hydrogen-bond acceptors (Lipinski definition) is 3. The van der Waals surface area contributed by atoms with Gasteiger partial charge in [0, 0.05) is 10.4 Å². The summed E-state index contributed by atoms with van der Waals surface area (Å²) in [5.41, 5.74) is -1.11. The molecule has 1 aromatic carbocycles. The molecule has 0 amide bonds. The van der Waals surface area contributed by atoms with E-state index in [0.29, 0.717) is 21.4 Å². The smallest absolute Gasteiger partial charge is 0.267 e. The summed E-state index contributed by atoms with van der Waals surface area (Å²) in [6, 6.07) is 3.48. The first-order chi connectivity index (χ1) is 10.7. The largest absolute Gasteiger partial charge is 0.416 e. The van der Waals surface area contributed by atoms with Crippen molar-refractivity contribution in [2.24, 2.45) is 0 Å². The lowest BCUT2D eigenvalue weighted by Gasteiger charge is -2.09. The summed E-state index contributed by atoms with van der Waals surface area (Å²) in [7, 11) is 0. The van der Waals surface area contributed by atoms with Crippen LogP contribution < -0.4 is 0 Å². The normalized spacial score (nSPS) is 12.1. The molecule has 23 heavy (non-hydrogen) atoms. The SMILES string of the molecule is Cc1cc2c(s1)c(I)nn2C(=O)c1cc(F)cc(C(F)(F)F)c1. The molecule has 3 rings (SSSR count). The van der Waals surface area contributed by atoms with E-state index < -0.39 is 29.0 Å². The van der Waals surface area contributed by atoms with E-state index in [2.05, 4.69) is 5.10 Å². The molecule has 120 valence electrons. The number of benzene rings is 1. The van der Waals surface area contributed by atoms with Gasteiger partial charge in [-0.05, 0) is 53.8 Å². The Bertz CT molecular complexity index is 929. The summed E-state index contributed by atoms with van der Waals surface area (Å²) < 4.78 is 54.1. The summed E-state index contributed by atoms with van der Waals surface area (Å²) in [6.45, 7) is 1.85. The Kier molecular flexibility index (Phi) is 3.95. The fourth-order valence-electron chi connectivity index (χ4n) is 2.15. The molecular formula is C14H7F4IN2OS. The molecule has 0 atom stereocenters. The number of fused-ring (bicyclic) bond motifs is 1. The Labute approximate surface area is 145 Å². The molecule has 9 heteroatoms. The van der Waals surface area contributed by atoms with Crippen LogP contribution in [0.2, 0.25) is 0 Å². The summed E-state index contributed by atoms with van der Waals surface area (Å²) in [4.78, 5) is 13.4. The molecule has 0 saturated carbocycles. The van der Waals surface area contributed by atoms with Gasteiger partial charge in [-0.2, -0.15) is 23.0 Å². The van der Waals surface area contributed by atoms with Gasteiger partial charge >= 0.3 is 6.18 Å². The summed E-state index contributed by atoms with van der Waals surface area (Å²) in [5.74, 6) is -1.93. The summed E-state index contributed by atoms with van der Waals surface area (Å²) in [6.07, 6.45) is -4.73. The van der Waals surface area contributed by atoms with Gasteiger partial charge in [-0.25, -0.2) is 4.39 Å². The first-order valence-electron chi connectivity index (χ1n) is 6.24. The van der Waals surface area contributed by atoms with Crippen LogP contribution >= 0.6 is 33.9 Å². The van der Waals surface area contributed by atoms with E-state index in [1.54, 1.807) is 6.07 Å². The third-order valence-corrected chi connectivity index (χ3v) is 5.27. The van der Waals surface area contributed by atoms with Gasteiger partial charge in [0.15, 0.2) is 0 Å². The number of carbonyl (C=O) groups is 1. The highest BCUT2D eigenvalue weighted by atomic mass is 127. The Balaban J connectivity index is 2.14. The summed E-state index contributed by atoms with van der Waals surface area (Å²) in [5, 5.41) is 4.05. The van der Waals surface area contributed by atoms with Gasteiger partial charge in [-0.1, -0.05) is 0 Å². The number of halogens is 5. The number of carbonyl (C=O) groups excluding carboxylic acids is 1. The van der Waals surface area contributed by atoms with Gasteiger partial charge in [0.05, 0.1) is 15.8 Å². The quantitative estimate of drug-likeness (QED) is 0.389. The van der Waals surface area contributed by atoms with Gasteiger partial charge in [0.1, 0.15) is 9.52 Å². The number of aromatic nitrogens is 2. The second kappa shape index (κ2) is 5.55. The standard InChI is InChI=1S/C14H7F4IN2OS/c1-6-2-10-11(23-6)12(19)20-21(10)13(22)7-3-8(14(16,17)18)5-9(15)4-7/h2-5H,1H3. The maximum Gasteiger partial charge on any atom is 0.416 e. The molecule has 0 unspecified atom stereocenters. The fourth-order valence-corrected chi connectivity index (χ4v) is 3.84. The highest BCUT2D eigenvalue weighted by Gasteiger charge is 2.32. The van der Waals surface area contributed by atoms with Crippen molar-refractivity contribution < 1.29 is 22.4 Å². The Morgan fingerprint density at radius 3 is 2.61 bits per heavy atom. The number of thiophene rings is 1. The highest BCUT2D eigenvalue weighted by molar-refractivity contribution is 14.1. The van der Waals surface area contributed by atoms with Crippen LogP contribution in [-0.4, -0.2) is 15.7 Å². The lowest BCUT2D eigenvalue weighted by Crippen LogP contribution is -2.16. The van der Waals surface area contributed by atoms with Gasteiger partial charge < -0.3 is 0 Å². The van der Waals surface area contributed by atoms with E-state index in [0.717, 1.165) is 20.3 Å². The molecule has 0 bridgehead atoms. The predicted octanol–water partition coefficient (Wildman–Crippen LogP) is 4.86. The average Bonchev–Trinajstić information content (AvgIpc) is 2.96. The van der Waals surface area contributed by atoms with E-state index in [4.69, 9.17) is 0 Å². The molecule has 0 aliphatic rings. The summed E-state index contributed by atoms with van der Waals surface area (Å²) >= 11 is 3.37. The van der Waals surface area contributed by atoms with Crippen molar-refractivity contribution >= 4 is 50.1 Å². The molecule has 3 aromatic rings. The van der Waals surface area contributed by atoms with Crippen molar-refractivity contribution in [1.82, 2.24) is 9.78 Å². The number of aryl methyl sites for hydroxylation is 1. The molecule has 0 N–H and O–H groups in total. The zero-order valence-electron chi connectivity index (χ0n) is 11.4. The molecule has 0 spiro atoms. The van der Waals surface area contributed by atoms with Crippen LogP contribution in [0.4, 0.5) is 17.6 Å². The van der Waals surface area contributed by atoms with Crippen molar-refractivity contribution in [3.8, 4) is 0 Å². The first kappa shape index (κ1) is 16.4. The van der Waals surface area contributed by atoms with E-state index in [9.17, 15) is 22.4 Å². The molecule has 0 radical (unpaired) electrons. The van der Waals surface area contributed by atoms with Crippen LogP contribution in [0.3, 0.4) is 0 Å².